The first-order valence-corrected chi connectivity index (χ1v) is 6.09. The van der Waals surface area contributed by atoms with Crippen LogP contribution in [0.5, 0.6) is 0 Å². The molecule has 0 saturated carbocycles. The van der Waals surface area contributed by atoms with Crippen LogP contribution in [0, 0.1) is 17.6 Å². The first-order chi connectivity index (χ1) is 9.31. The molecule has 0 fully saturated rings. The van der Waals surface area contributed by atoms with Crippen LogP contribution in [-0.4, -0.2) is 24.4 Å². The van der Waals surface area contributed by atoms with E-state index < -0.39 is 29.5 Å². The average molecular weight is 322 g/mol. The standard InChI is InChI=1S/C13H17F2N3O2.ClH/c1-7(2)12(16)13(20)17-6-11(19)18-8-3-4-9(14)10(15)5-8;/h3-5,7,12H,6,16H2,1-2H3,(H,17,20)(H,18,19);1H/t12-;/m0./s1. The van der Waals surface area contributed by atoms with Crippen LogP contribution in [0.4, 0.5) is 14.5 Å². The molecule has 118 valence electrons. The molecule has 0 heterocycles. The topological polar surface area (TPSA) is 84.2 Å². The van der Waals surface area contributed by atoms with Gasteiger partial charge in [-0.05, 0) is 18.1 Å². The van der Waals surface area contributed by atoms with E-state index in [2.05, 4.69) is 10.6 Å². The van der Waals surface area contributed by atoms with Crippen molar-refractivity contribution in [1.29, 1.82) is 0 Å². The third-order valence-corrected chi connectivity index (χ3v) is 2.65. The zero-order valence-corrected chi connectivity index (χ0v) is 12.5. The number of rotatable bonds is 5. The quantitative estimate of drug-likeness (QED) is 0.767. The highest BCUT2D eigenvalue weighted by atomic mass is 35.5. The van der Waals surface area contributed by atoms with Crippen LogP contribution < -0.4 is 16.4 Å². The van der Waals surface area contributed by atoms with Crippen LogP contribution >= 0.6 is 12.4 Å². The van der Waals surface area contributed by atoms with Crippen molar-refractivity contribution in [3.63, 3.8) is 0 Å². The lowest BCUT2D eigenvalue weighted by Gasteiger charge is -2.15. The molecule has 1 aromatic rings. The predicted octanol–water partition coefficient (Wildman–Crippen LogP) is 1.42. The number of carbonyl (C=O) groups is 2. The normalized spacial score (nSPS) is 11.5. The van der Waals surface area contributed by atoms with Gasteiger partial charge in [0.25, 0.3) is 0 Å². The Morgan fingerprint density at radius 3 is 2.38 bits per heavy atom. The fraction of sp³-hybridized carbons (Fsp3) is 0.385. The van der Waals surface area contributed by atoms with Gasteiger partial charge in [0.05, 0.1) is 12.6 Å². The summed E-state index contributed by atoms with van der Waals surface area (Å²) in [4.78, 5) is 23.0. The maximum Gasteiger partial charge on any atom is 0.243 e. The van der Waals surface area contributed by atoms with Gasteiger partial charge >= 0.3 is 0 Å². The van der Waals surface area contributed by atoms with E-state index in [9.17, 15) is 18.4 Å². The fourth-order valence-electron chi connectivity index (χ4n) is 1.37. The zero-order chi connectivity index (χ0) is 15.3. The Balaban J connectivity index is 0.00000400. The van der Waals surface area contributed by atoms with Crippen molar-refractivity contribution in [2.75, 3.05) is 11.9 Å². The fourth-order valence-corrected chi connectivity index (χ4v) is 1.37. The predicted molar refractivity (Wildman–Crippen MR) is 78.1 cm³/mol. The molecule has 0 saturated heterocycles. The minimum Gasteiger partial charge on any atom is -0.346 e. The number of carbonyl (C=O) groups excluding carboxylic acids is 2. The summed E-state index contributed by atoms with van der Waals surface area (Å²) < 4.78 is 25.6. The number of amides is 2. The Hall–Kier alpha value is -1.73. The second kappa shape index (κ2) is 8.53. The molecule has 1 aromatic carbocycles. The van der Waals surface area contributed by atoms with Crippen molar-refractivity contribution < 1.29 is 18.4 Å². The second-order valence-electron chi connectivity index (χ2n) is 4.66. The Morgan fingerprint density at radius 1 is 1.24 bits per heavy atom. The molecular weight excluding hydrogens is 304 g/mol. The van der Waals surface area contributed by atoms with Gasteiger partial charge in [-0.3, -0.25) is 9.59 Å². The summed E-state index contributed by atoms with van der Waals surface area (Å²) in [6.45, 7) is 3.27. The number of halogens is 3. The van der Waals surface area contributed by atoms with E-state index in [4.69, 9.17) is 5.73 Å². The smallest absolute Gasteiger partial charge is 0.243 e. The molecule has 8 heteroatoms. The summed E-state index contributed by atoms with van der Waals surface area (Å²) in [6.07, 6.45) is 0. The van der Waals surface area contributed by atoms with Gasteiger partial charge in [-0.25, -0.2) is 8.78 Å². The Kier molecular flexibility index (Phi) is 7.83. The molecule has 0 unspecified atom stereocenters. The van der Waals surface area contributed by atoms with Crippen molar-refractivity contribution in [3.8, 4) is 0 Å². The van der Waals surface area contributed by atoms with Gasteiger partial charge in [-0.2, -0.15) is 0 Å². The molecule has 0 aliphatic heterocycles. The summed E-state index contributed by atoms with van der Waals surface area (Å²) in [5.74, 6) is -3.11. The molecule has 5 nitrogen and oxygen atoms in total. The lowest BCUT2D eigenvalue weighted by Crippen LogP contribution is -2.46. The maximum atomic E-state index is 12.9. The average Bonchev–Trinajstić information content (AvgIpc) is 2.39. The van der Waals surface area contributed by atoms with Gasteiger partial charge in [0.15, 0.2) is 11.6 Å². The third kappa shape index (κ3) is 6.05. The summed E-state index contributed by atoms with van der Waals surface area (Å²) in [5.41, 5.74) is 5.71. The minimum absolute atomic E-state index is 0. The van der Waals surface area contributed by atoms with Gasteiger partial charge in [-0.15, -0.1) is 12.4 Å². The van der Waals surface area contributed by atoms with Crippen LogP contribution in [0.25, 0.3) is 0 Å². The SMILES string of the molecule is CC(C)[C@H](N)C(=O)NCC(=O)Nc1ccc(F)c(F)c1.Cl. The molecule has 0 aliphatic rings. The van der Waals surface area contributed by atoms with Crippen LogP contribution in [0.1, 0.15) is 13.8 Å². The first-order valence-electron chi connectivity index (χ1n) is 6.09. The van der Waals surface area contributed by atoms with Crippen molar-refractivity contribution in [3.05, 3.63) is 29.8 Å². The summed E-state index contributed by atoms with van der Waals surface area (Å²) in [6, 6.07) is 2.27. The highest BCUT2D eigenvalue weighted by Gasteiger charge is 2.17. The summed E-state index contributed by atoms with van der Waals surface area (Å²) in [7, 11) is 0. The molecule has 4 N–H and O–H groups in total. The molecule has 21 heavy (non-hydrogen) atoms. The largest absolute Gasteiger partial charge is 0.346 e. The zero-order valence-electron chi connectivity index (χ0n) is 11.7. The second-order valence-corrected chi connectivity index (χ2v) is 4.66. The van der Waals surface area contributed by atoms with E-state index in [1.807, 2.05) is 0 Å². The molecular formula is C13H18ClF2N3O2. The van der Waals surface area contributed by atoms with Gasteiger partial charge in [-0.1, -0.05) is 13.8 Å². The Labute approximate surface area is 127 Å². The Bertz CT molecular complexity index is 512. The lowest BCUT2D eigenvalue weighted by molar-refractivity contribution is -0.125. The summed E-state index contributed by atoms with van der Waals surface area (Å²) >= 11 is 0. The Morgan fingerprint density at radius 2 is 1.86 bits per heavy atom. The van der Waals surface area contributed by atoms with E-state index in [-0.39, 0.29) is 30.6 Å². The number of benzene rings is 1. The monoisotopic (exact) mass is 321 g/mol. The van der Waals surface area contributed by atoms with Crippen molar-refractivity contribution in [1.82, 2.24) is 5.32 Å². The van der Waals surface area contributed by atoms with E-state index in [0.29, 0.717) is 0 Å². The van der Waals surface area contributed by atoms with E-state index in [1.54, 1.807) is 13.8 Å². The molecule has 2 amide bonds. The molecule has 0 aliphatic carbocycles. The number of hydrogen-bond acceptors (Lipinski definition) is 3. The van der Waals surface area contributed by atoms with Gasteiger partial charge < -0.3 is 16.4 Å². The van der Waals surface area contributed by atoms with Gasteiger partial charge in [0.1, 0.15) is 0 Å². The van der Waals surface area contributed by atoms with Crippen LogP contribution in [0.15, 0.2) is 18.2 Å². The molecule has 0 radical (unpaired) electrons. The summed E-state index contributed by atoms with van der Waals surface area (Å²) in [5, 5.41) is 4.70. The van der Waals surface area contributed by atoms with E-state index in [1.165, 1.54) is 6.07 Å². The third-order valence-electron chi connectivity index (χ3n) is 2.65. The molecule has 1 atom stereocenters. The highest BCUT2D eigenvalue weighted by molar-refractivity contribution is 5.95. The van der Waals surface area contributed by atoms with E-state index >= 15 is 0 Å². The maximum absolute atomic E-state index is 12.9. The van der Waals surface area contributed by atoms with Gasteiger partial charge in [0, 0.05) is 11.8 Å². The van der Waals surface area contributed by atoms with Crippen LogP contribution in [0.3, 0.4) is 0 Å². The minimum atomic E-state index is -1.06. The number of nitrogens with one attached hydrogen (secondary N) is 2. The molecule has 0 bridgehead atoms. The molecule has 0 spiro atoms. The van der Waals surface area contributed by atoms with Crippen LogP contribution in [-0.2, 0) is 9.59 Å². The lowest BCUT2D eigenvalue weighted by atomic mass is 10.1. The van der Waals surface area contributed by atoms with Crippen LogP contribution in [0.2, 0.25) is 0 Å². The highest BCUT2D eigenvalue weighted by Crippen LogP contribution is 2.12. The molecule has 0 aromatic heterocycles. The first kappa shape index (κ1) is 19.3. The van der Waals surface area contributed by atoms with Crippen molar-refractivity contribution in [2.45, 2.75) is 19.9 Å². The van der Waals surface area contributed by atoms with Crippen molar-refractivity contribution >= 4 is 29.9 Å². The number of nitrogens with two attached hydrogens (primary N) is 1. The van der Waals surface area contributed by atoms with Crippen molar-refractivity contribution in [2.24, 2.45) is 11.7 Å². The van der Waals surface area contributed by atoms with E-state index in [0.717, 1.165) is 12.1 Å². The number of anilines is 1. The number of hydrogen-bond donors (Lipinski definition) is 3. The molecule has 1 rings (SSSR count). The van der Waals surface area contributed by atoms with Gasteiger partial charge in [0.2, 0.25) is 11.8 Å².